The number of benzene rings is 1. The molecule has 2 aromatic rings. The van der Waals surface area contributed by atoms with E-state index in [9.17, 15) is 9.90 Å². The Hall–Kier alpha value is -1.85. The highest BCUT2D eigenvalue weighted by molar-refractivity contribution is 6.31. The Morgan fingerprint density at radius 3 is 2.83 bits per heavy atom. The average molecular weight is 336 g/mol. The molecule has 0 saturated carbocycles. The summed E-state index contributed by atoms with van der Waals surface area (Å²) in [6.45, 7) is 4.81. The second kappa shape index (κ2) is 8.13. The fourth-order valence-corrected chi connectivity index (χ4v) is 2.50. The lowest BCUT2D eigenvalue weighted by molar-refractivity contribution is 0.0900. The summed E-state index contributed by atoms with van der Waals surface area (Å²) in [5, 5.41) is 17.4. The van der Waals surface area contributed by atoms with Gasteiger partial charge in [0.1, 0.15) is 0 Å². The van der Waals surface area contributed by atoms with E-state index in [4.69, 9.17) is 11.6 Å². The smallest absolute Gasteiger partial charge is 0.254 e. The highest BCUT2D eigenvalue weighted by Crippen LogP contribution is 2.16. The molecule has 0 saturated heterocycles. The van der Waals surface area contributed by atoms with Gasteiger partial charge in [-0.3, -0.25) is 9.48 Å². The van der Waals surface area contributed by atoms with Crippen LogP contribution in [-0.2, 0) is 6.54 Å². The molecule has 0 fully saturated rings. The third-order valence-electron chi connectivity index (χ3n) is 3.43. The molecule has 124 valence electrons. The lowest BCUT2D eigenvalue weighted by Crippen LogP contribution is -2.32. The first-order chi connectivity index (χ1) is 11.0. The van der Waals surface area contributed by atoms with Crippen LogP contribution in [0, 0.1) is 5.92 Å². The topological polar surface area (TPSA) is 67.2 Å². The van der Waals surface area contributed by atoms with Crippen LogP contribution in [0.4, 0.5) is 0 Å². The number of hydrogen-bond acceptors (Lipinski definition) is 3. The van der Waals surface area contributed by atoms with Crippen molar-refractivity contribution in [2.75, 3.05) is 6.54 Å². The van der Waals surface area contributed by atoms with E-state index < -0.39 is 6.10 Å². The molecule has 2 rings (SSSR count). The zero-order chi connectivity index (χ0) is 16.8. The summed E-state index contributed by atoms with van der Waals surface area (Å²) in [5.74, 6) is 0.151. The number of carbonyl (C=O) groups is 1. The minimum Gasteiger partial charge on any atom is -0.391 e. The molecule has 0 aliphatic carbocycles. The summed E-state index contributed by atoms with van der Waals surface area (Å²) >= 11 is 6.12. The second-order valence-corrected chi connectivity index (χ2v) is 6.42. The number of hydrogen-bond donors (Lipinski definition) is 2. The number of halogens is 1. The van der Waals surface area contributed by atoms with E-state index >= 15 is 0 Å². The molecule has 0 bridgehead atoms. The van der Waals surface area contributed by atoms with Gasteiger partial charge in [0.05, 0.1) is 24.4 Å². The standard InChI is InChI=1S/C17H22ClN3O2/c1-12(2)7-15(22)9-19-17(23)14-8-20-21(11-14)10-13-5-3-4-6-16(13)18/h3-6,8,11-12,15,22H,7,9-10H2,1-2H3,(H,19,23). The Morgan fingerprint density at radius 1 is 1.39 bits per heavy atom. The number of aliphatic hydroxyl groups is 1. The predicted molar refractivity (Wildman–Crippen MR) is 90.6 cm³/mol. The van der Waals surface area contributed by atoms with Gasteiger partial charge in [-0.25, -0.2) is 0 Å². The number of nitrogens with one attached hydrogen (secondary N) is 1. The fraction of sp³-hybridized carbons (Fsp3) is 0.412. The van der Waals surface area contributed by atoms with Crippen molar-refractivity contribution in [3.63, 3.8) is 0 Å². The maximum atomic E-state index is 12.1. The monoisotopic (exact) mass is 335 g/mol. The molecule has 1 amide bonds. The number of carbonyl (C=O) groups excluding carboxylic acids is 1. The minimum atomic E-state index is -0.530. The second-order valence-electron chi connectivity index (χ2n) is 6.01. The zero-order valence-electron chi connectivity index (χ0n) is 13.4. The van der Waals surface area contributed by atoms with Crippen molar-refractivity contribution < 1.29 is 9.90 Å². The molecule has 0 spiro atoms. The average Bonchev–Trinajstić information content (AvgIpc) is 2.95. The molecule has 5 nitrogen and oxygen atoms in total. The molecule has 0 radical (unpaired) electrons. The van der Waals surface area contributed by atoms with E-state index in [1.54, 1.807) is 10.9 Å². The van der Waals surface area contributed by atoms with Crippen molar-refractivity contribution in [3.05, 3.63) is 52.8 Å². The number of rotatable bonds is 7. The largest absolute Gasteiger partial charge is 0.391 e. The van der Waals surface area contributed by atoms with Crippen molar-refractivity contribution in [1.82, 2.24) is 15.1 Å². The molecule has 2 N–H and O–H groups in total. The Morgan fingerprint density at radius 2 is 2.13 bits per heavy atom. The summed E-state index contributed by atoms with van der Waals surface area (Å²) in [6, 6.07) is 7.53. The predicted octanol–water partition coefficient (Wildman–Crippen LogP) is 2.72. The van der Waals surface area contributed by atoms with Crippen molar-refractivity contribution in [1.29, 1.82) is 0 Å². The van der Waals surface area contributed by atoms with Crippen LogP contribution in [0.2, 0.25) is 5.02 Å². The molecule has 23 heavy (non-hydrogen) atoms. The third-order valence-corrected chi connectivity index (χ3v) is 3.80. The Labute approximate surface area is 141 Å². The molecule has 0 aliphatic heterocycles. The number of aromatic nitrogens is 2. The van der Waals surface area contributed by atoms with Gasteiger partial charge in [-0.2, -0.15) is 5.10 Å². The Bertz CT molecular complexity index is 655. The van der Waals surface area contributed by atoms with Gasteiger partial charge in [0.2, 0.25) is 0 Å². The van der Waals surface area contributed by atoms with Gasteiger partial charge < -0.3 is 10.4 Å². The number of nitrogens with zero attached hydrogens (tertiary/aromatic N) is 2. The van der Waals surface area contributed by atoms with Gasteiger partial charge in [0, 0.05) is 17.8 Å². The maximum absolute atomic E-state index is 12.1. The molecule has 1 atom stereocenters. The lowest BCUT2D eigenvalue weighted by Gasteiger charge is -2.13. The highest BCUT2D eigenvalue weighted by atomic mass is 35.5. The van der Waals surface area contributed by atoms with Crippen LogP contribution in [0.15, 0.2) is 36.7 Å². The van der Waals surface area contributed by atoms with E-state index in [0.29, 0.717) is 29.5 Å². The van der Waals surface area contributed by atoms with E-state index in [-0.39, 0.29) is 12.5 Å². The Balaban J connectivity index is 1.91. The van der Waals surface area contributed by atoms with E-state index in [0.717, 1.165) is 5.56 Å². The SMILES string of the molecule is CC(C)CC(O)CNC(=O)c1cnn(Cc2ccccc2Cl)c1. The summed E-state index contributed by atoms with van der Waals surface area (Å²) in [7, 11) is 0. The van der Waals surface area contributed by atoms with Crippen LogP contribution in [0.5, 0.6) is 0 Å². The molecular weight excluding hydrogens is 314 g/mol. The maximum Gasteiger partial charge on any atom is 0.254 e. The molecule has 1 aromatic carbocycles. The van der Waals surface area contributed by atoms with E-state index in [1.807, 2.05) is 38.1 Å². The first kappa shape index (κ1) is 17.5. The molecule has 1 aromatic heterocycles. The normalized spacial score (nSPS) is 12.4. The quantitative estimate of drug-likeness (QED) is 0.817. The molecule has 6 heteroatoms. The van der Waals surface area contributed by atoms with Gasteiger partial charge in [-0.15, -0.1) is 0 Å². The van der Waals surface area contributed by atoms with Crippen molar-refractivity contribution in [2.45, 2.75) is 32.9 Å². The van der Waals surface area contributed by atoms with Gasteiger partial charge in [-0.05, 0) is 24.0 Å². The molecule has 1 unspecified atom stereocenters. The molecular formula is C17H22ClN3O2. The first-order valence-corrected chi connectivity index (χ1v) is 8.05. The summed E-state index contributed by atoms with van der Waals surface area (Å²) in [4.78, 5) is 12.1. The van der Waals surface area contributed by atoms with Crippen LogP contribution in [-0.4, -0.2) is 33.4 Å². The van der Waals surface area contributed by atoms with Gasteiger partial charge >= 0.3 is 0 Å². The highest BCUT2D eigenvalue weighted by Gasteiger charge is 2.12. The van der Waals surface area contributed by atoms with Gasteiger partial charge in [0.25, 0.3) is 5.91 Å². The van der Waals surface area contributed by atoms with Crippen LogP contribution >= 0.6 is 11.6 Å². The Kier molecular flexibility index (Phi) is 6.19. The van der Waals surface area contributed by atoms with Gasteiger partial charge in [0.15, 0.2) is 0 Å². The van der Waals surface area contributed by atoms with Crippen molar-refractivity contribution in [2.24, 2.45) is 5.92 Å². The van der Waals surface area contributed by atoms with E-state index in [1.165, 1.54) is 6.20 Å². The summed E-state index contributed by atoms with van der Waals surface area (Å²) in [5.41, 5.74) is 1.41. The number of amides is 1. The zero-order valence-corrected chi connectivity index (χ0v) is 14.1. The summed E-state index contributed by atoms with van der Waals surface area (Å²) < 4.78 is 1.67. The van der Waals surface area contributed by atoms with Crippen LogP contribution in [0.1, 0.15) is 36.2 Å². The van der Waals surface area contributed by atoms with Crippen LogP contribution in [0.25, 0.3) is 0 Å². The number of aliphatic hydroxyl groups excluding tert-OH is 1. The van der Waals surface area contributed by atoms with Crippen molar-refractivity contribution >= 4 is 17.5 Å². The molecule has 1 heterocycles. The third kappa shape index (κ3) is 5.37. The van der Waals surface area contributed by atoms with Crippen LogP contribution in [0.3, 0.4) is 0 Å². The fourth-order valence-electron chi connectivity index (χ4n) is 2.31. The van der Waals surface area contributed by atoms with E-state index in [2.05, 4.69) is 10.4 Å². The van der Waals surface area contributed by atoms with Crippen LogP contribution < -0.4 is 5.32 Å². The first-order valence-electron chi connectivity index (χ1n) is 7.68. The lowest BCUT2D eigenvalue weighted by atomic mass is 10.1. The van der Waals surface area contributed by atoms with Gasteiger partial charge in [-0.1, -0.05) is 43.6 Å². The molecule has 0 aliphatic rings. The minimum absolute atomic E-state index is 0.238. The summed E-state index contributed by atoms with van der Waals surface area (Å²) in [6.07, 6.45) is 3.32. The van der Waals surface area contributed by atoms with Crippen molar-refractivity contribution in [3.8, 4) is 0 Å².